The zero-order valence-corrected chi connectivity index (χ0v) is 17.6. The molecule has 1 heterocycles. The van der Waals surface area contributed by atoms with Gasteiger partial charge >= 0.3 is 0 Å². The van der Waals surface area contributed by atoms with E-state index < -0.39 is 16.1 Å². The number of ether oxygens (including phenoxy) is 2. The summed E-state index contributed by atoms with van der Waals surface area (Å²) in [5.74, 6) is 0.854. The molecule has 0 saturated heterocycles. The predicted octanol–water partition coefficient (Wildman–Crippen LogP) is 2.50. The van der Waals surface area contributed by atoms with Gasteiger partial charge in [0.1, 0.15) is 18.1 Å². The third-order valence-corrected chi connectivity index (χ3v) is 5.84. The van der Waals surface area contributed by atoms with Crippen molar-refractivity contribution in [3.8, 4) is 11.5 Å². The number of fused-ring (bicyclic) bond motifs is 1. The molecule has 2 atom stereocenters. The summed E-state index contributed by atoms with van der Waals surface area (Å²) in [4.78, 5) is 12.7. The van der Waals surface area contributed by atoms with Crippen molar-refractivity contribution < 1.29 is 22.7 Å². The van der Waals surface area contributed by atoms with Gasteiger partial charge in [0, 0.05) is 13.0 Å². The average molecular weight is 419 g/mol. The van der Waals surface area contributed by atoms with Gasteiger partial charge in [-0.3, -0.25) is 9.10 Å². The van der Waals surface area contributed by atoms with Gasteiger partial charge < -0.3 is 14.8 Å². The molecule has 0 bridgehead atoms. The first-order chi connectivity index (χ1) is 13.8. The number of carbonyl (C=O) groups excluding carboxylic acids is 1. The van der Waals surface area contributed by atoms with Crippen molar-refractivity contribution in [2.45, 2.75) is 32.4 Å². The molecular weight excluding hydrogens is 392 g/mol. The minimum atomic E-state index is -3.48. The Morgan fingerprint density at radius 1 is 1.24 bits per heavy atom. The molecule has 7 nitrogen and oxygen atoms in total. The van der Waals surface area contributed by atoms with Gasteiger partial charge in [0.05, 0.1) is 18.0 Å². The van der Waals surface area contributed by atoms with Crippen LogP contribution in [0.15, 0.2) is 48.5 Å². The fraction of sp³-hybridized carbons (Fsp3) is 0.381. The molecule has 8 heteroatoms. The van der Waals surface area contributed by atoms with Gasteiger partial charge in [-0.05, 0) is 37.6 Å². The lowest BCUT2D eigenvalue weighted by atomic mass is 10.2. The van der Waals surface area contributed by atoms with Crippen LogP contribution in [0, 0.1) is 6.92 Å². The first-order valence-electron chi connectivity index (χ1n) is 9.48. The number of anilines is 1. The first-order valence-corrected chi connectivity index (χ1v) is 11.3. The van der Waals surface area contributed by atoms with Crippen LogP contribution in [-0.2, 0) is 14.8 Å². The Labute approximate surface area is 171 Å². The third-order valence-electron chi connectivity index (χ3n) is 4.66. The molecule has 0 spiro atoms. The van der Waals surface area contributed by atoms with E-state index in [9.17, 15) is 13.2 Å². The van der Waals surface area contributed by atoms with Crippen LogP contribution in [0.25, 0.3) is 0 Å². The van der Waals surface area contributed by atoms with E-state index in [2.05, 4.69) is 5.32 Å². The maximum absolute atomic E-state index is 12.7. The second kappa shape index (κ2) is 8.73. The molecule has 3 rings (SSSR count). The highest BCUT2D eigenvalue weighted by Gasteiger charge is 2.31. The van der Waals surface area contributed by atoms with Crippen LogP contribution < -0.4 is 19.1 Å². The second-order valence-corrected chi connectivity index (χ2v) is 9.09. The summed E-state index contributed by atoms with van der Waals surface area (Å²) >= 11 is 0. The number of nitrogens with one attached hydrogen (secondary N) is 1. The third kappa shape index (κ3) is 5.20. The van der Waals surface area contributed by atoms with Crippen LogP contribution in [0.5, 0.6) is 11.5 Å². The molecule has 0 unspecified atom stereocenters. The monoisotopic (exact) mass is 418 g/mol. The largest absolute Gasteiger partial charge is 0.491 e. The first kappa shape index (κ1) is 21.0. The van der Waals surface area contributed by atoms with Gasteiger partial charge in [-0.2, -0.15) is 0 Å². The highest BCUT2D eigenvalue weighted by molar-refractivity contribution is 7.92. The van der Waals surface area contributed by atoms with E-state index in [1.807, 2.05) is 38.1 Å². The standard InChI is InChI=1S/C21H26N2O5S/c1-15-8-4-6-10-18(15)27-14-16(2)22-21(24)20-12-13-23(29(3,25)26)17-9-5-7-11-19(17)28-20/h4-11,16,20H,12-14H2,1-3H3,(H,22,24)/t16-,20+/m0/s1. The summed E-state index contributed by atoms with van der Waals surface area (Å²) in [5, 5.41) is 2.89. The van der Waals surface area contributed by atoms with Crippen molar-refractivity contribution in [2.24, 2.45) is 0 Å². The van der Waals surface area contributed by atoms with E-state index in [4.69, 9.17) is 9.47 Å². The number of rotatable bonds is 6. The van der Waals surface area contributed by atoms with Gasteiger partial charge in [0.15, 0.2) is 6.10 Å². The van der Waals surface area contributed by atoms with E-state index in [0.29, 0.717) is 18.0 Å². The molecule has 0 radical (unpaired) electrons. The number of amides is 1. The van der Waals surface area contributed by atoms with Gasteiger partial charge in [-0.25, -0.2) is 8.42 Å². The Kier molecular flexibility index (Phi) is 6.32. The Hall–Kier alpha value is -2.74. The van der Waals surface area contributed by atoms with Gasteiger partial charge in [0.2, 0.25) is 10.0 Å². The molecule has 1 N–H and O–H groups in total. The molecule has 29 heavy (non-hydrogen) atoms. The number of sulfonamides is 1. The van der Waals surface area contributed by atoms with Crippen molar-refractivity contribution in [1.29, 1.82) is 0 Å². The number of aryl methyl sites for hydroxylation is 1. The summed E-state index contributed by atoms with van der Waals surface area (Å²) in [6.45, 7) is 4.30. The van der Waals surface area contributed by atoms with E-state index in [-0.39, 0.29) is 24.9 Å². The van der Waals surface area contributed by atoms with Crippen molar-refractivity contribution in [3.05, 3.63) is 54.1 Å². The normalized spacial score (nSPS) is 17.5. The fourth-order valence-corrected chi connectivity index (χ4v) is 4.11. The smallest absolute Gasteiger partial charge is 0.261 e. The van der Waals surface area contributed by atoms with Gasteiger partial charge in [-0.1, -0.05) is 30.3 Å². The zero-order chi connectivity index (χ0) is 21.0. The summed E-state index contributed by atoms with van der Waals surface area (Å²) in [7, 11) is -3.48. The number of hydrogen-bond donors (Lipinski definition) is 1. The minimum Gasteiger partial charge on any atom is -0.491 e. The molecule has 2 aromatic rings. The molecule has 0 saturated carbocycles. The summed E-state index contributed by atoms with van der Waals surface area (Å²) in [6.07, 6.45) is 0.609. The summed E-state index contributed by atoms with van der Waals surface area (Å²) in [5.41, 5.74) is 1.47. The van der Waals surface area contributed by atoms with E-state index in [0.717, 1.165) is 17.6 Å². The number of hydrogen-bond acceptors (Lipinski definition) is 5. The van der Waals surface area contributed by atoms with Crippen LogP contribution in [0.2, 0.25) is 0 Å². The molecular formula is C21H26N2O5S. The van der Waals surface area contributed by atoms with Crippen LogP contribution >= 0.6 is 0 Å². The second-order valence-electron chi connectivity index (χ2n) is 7.18. The molecule has 0 fully saturated rings. The van der Waals surface area contributed by atoms with Crippen molar-refractivity contribution in [1.82, 2.24) is 5.32 Å². The molecule has 0 aliphatic carbocycles. The highest BCUT2D eigenvalue weighted by Crippen LogP contribution is 2.33. The highest BCUT2D eigenvalue weighted by atomic mass is 32.2. The molecule has 1 aliphatic heterocycles. The number of nitrogens with zero attached hydrogens (tertiary/aromatic N) is 1. The maximum Gasteiger partial charge on any atom is 0.261 e. The quantitative estimate of drug-likeness (QED) is 0.779. The Morgan fingerprint density at radius 2 is 1.93 bits per heavy atom. The summed E-state index contributed by atoms with van der Waals surface area (Å²) < 4.78 is 37.2. The van der Waals surface area contributed by atoms with Gasteiger partial charge in [0.25, 0.3) is 5.91 Å². The lowest BCUT2D eigenvalue weighted by molar-refractivity contribution is -0.128. The van der Waals surface area contributed by atoms with Crippen LogP contribution in [-0.4, -0.2) is 45.9 Å². The Morgan fingerprint density at radius 3 is 2.66 bits per heavy atom. The predicted molar refractivity (Wildman–Crippen MR) is 112 cm³/mol. The number of benzene rings is 2. The lowest BCUT2D eigenvalue weighted by Crippen LogP contribution is -2.45. The minimum absolute atomic E-state index is 0.169. The lowest BCUT2D eigenvalue weighted by Gasteiger charge is -2.20. The molecule has 1 amide bonds. The van der Waals surface area contributed by atoms with E-state index >= 15 is 0 Å². The molecule has 2 aromatic carbocycles. The van der Waals surface area contributed by atoms with Crippen molar-refractivity contribution in [3.63, 3.8) is 0 Å². The van der Waals surface area contributed by atoms with Gasteiger partial charge in [-0.15, -0.1) is 0 Å². The van der Waals surface area contributed by atoms with Crippen LogP contribution in [0.4, 0.5) is 5.69 Å². The molecule has 0 aromatic heterocycles. The topological polar surface area (TPSA) is 84.9 Å². The average Bonchev–Trinajstić information content (AvgIpc) is 2.87. The van der Waals surface area contributed by atoms with Crippen LogP contribution in [0.1, 0.15) is 18.9 Å². The van der Waals surface area contributed by atoms with E-state index in [1.165, 1.54) is 4.31 Å². The Balaban J connectivity index is 1.65. The van der Waals surface area contributed by atoms with E-state index in [1.54, 1.807) is 24.3 Å². The van der Waals surface area contributed by atoms with Crippen molar-refractivity contribution >= 4 is 21.6 Å². The fourth-order valence-electron chi connectivity index (χ4n) is 3.17. The maximum atomic E-state index is 12.7. The Bertz CT molecular complexity index is 977. The zero-order valence-electron chi connectivity index (χ0n) is 16.8. The number of carbonyl (C=O) groups is 1. The summed E-state index contributed by atoms with van der Waals surface area (Å²) in [6, 6.07) is 14.3. The molecule has 156 valence electrons. The molecule has 1 aliphatic rings. The SMILES string of the molecule is Cc1ccccc1OC[C@H](C)NC(=O)[C@H]1CCN(S(C)(=O)=O)c2ccccc2O1. The van der Waals surface area contributed by atoms with Crippen LogP contribution in [0.3, 0.4) is 0 Å². The number of para-hydroxylation sites is 3. The van der Waals surface area contributed by atoms with Crippen molar-refractivity contribution in [2.75, 3.05) is 23.7 Å².